The van der Waals surface area contributed by atoms with Crippen LogP contribution < -0.4 is 5.32 Å². The van der Waals surface area contributed by atoms with Crippen LogP contribution in [-0.4, -0.2) is 41.2 Å². The largest absolute Gasteiger partial charge is 0.454 e. The molecule has 3 amide bonds. The maximum absolute atomic E-state index is 13.1. The number of hydrogen-bond donors (Lipinski definition) is 1. The van der Waals surface area contributed by atoms with Crippen LogP contribution in [0.4, 0.5) is 5.69 Å². The van der Waals surface area contributed by atoms with Gasteiger partial charge in [-0.2, -0.15) is 0 Å². The molecule has 4 rings (SSSR count). The normalized spacial score (nSPS) is 27.6. The van der Waals surface area contributed by atoms with E-state index < -0.39 is 24.5 Å². The van der Waals surface area contributed by atoms with Crippen molar-refractivity contribution in [2.75, 3.05) is 11.9 Å². The van der Waals surface area contributed by atoms with E-state index in [4.69, 9.17) is 27.9 Å². The number of nitrogens with one attached hydrogen (secondary N) is 1. The zero-order valence-electron chi connectivity index (χ0n) is 17.3. The topological polar surface area (TPSA) is 92.8 Å². The van der Waals surface area contributed by atoms with Crippen molar-refractivity contribution in [3.63, 3.8) is 0 Å². The number of benzene rings is 1. The van der Waals surface area contributed by atoms with Crippen LogP contribution in [0, 0.1) is 29.6 Å². The van der Waals surface area contributed by atoms with Crippen LogP contribution in [-0.2, 0) is 23.9 Å². The molecule has 1 aromatic carbocycles. The van der Waals surface area contributed by atoms with Crippen LogP contribution in [0.1, 0.15) is 33.1 Å². The van der Waals surface area contributed by atoms with Gasteiger partial charge in [-0.05, 0) is 55.2 Å². The molecule has 0 spiro atoms. The number of nitrogens with zero attached hydrogens (tertiary/aromatic N) is 1. The van der Waals surface area contributed by atoms with Gasteiger partial charge in [-0.3, -0.25) is 19.3 Å². The van der Waals surface area contributed by atoms with Crippen LogP contribution in [0.3, 0.4) is 0 Å². The summed E-state index contributed by atoms with van der Waals surface area (Å²) in [5, 5.41) is 3.22. The van der Waals surface area contributed by atoms with Gasteiger partial charge in [0.15, 0.2) is 6.61 Å². The number of carbonyl (C=O) groups is 4. The molecular formula is C22H24Cl2N2O5. The molecule has 0 aromatic heterocycles. The lowest BCUT2D eigenvalue weighted by Crippen LogP contribution is -2.50. The first-order chi connectivity index (χ1) is 14.7. The number of carbonyl (C=O) groups excluding carboxylic acids is 4. The van der Waals surface area contributed by atoms with E-state index in [9.17, 15) is 19.2 Å². The van der Waals surface area contributed by atoms with Gasteiger partial charge in [0.1, 0.15) is 6.04 Å². The quantitative estimate of drug-likeness (QED) is 0.511. The third-order valence-electron chi connectivity index (χ3n) is 6.66. The van der Waals surface area contributed by atoms with E-state index in [1.807, 2.05) is 0 Å². The molecule has 3 fully saturated rings. The molecule has 1 N–H and O–H groups in total. The molecule has 1 aliphatic heterocycles. The number of rotatable bonds is 6. The van der Waals surface area contributed by atoms with E-state index in [-0.39, 0.29) is 46.4 Å². The molecule has 2 bridgehead atoms. The second-order valence-electron chi connectivity index (χ2n) is 8.90. The summed E-state index contributed by atoms with van der Waals surface area (Å²) < 4.78 is 5.20. The number of esters is 1. The minimum absolute atomic E-state index is 0.232. The average molecular weight is 467 g/mol. The van der Waals surface area contributed by atoms with Crippen LogP contribution in [0.25, 0.3) is 0 Å². The Kier molecular flexibility index (Phi) is 6.01. The summed E-state index contributed by atoms with van der Waals surface area (Å²) in [4.78, 5) is 52.3. The monoisotopic (exact) mass is 466 g/mol. The van der Waals surface area contributed by atoms with E-state index in [2.05, 4.69) is 5.32 Å². The Morgan fingerprint density at radius 3 is 2.29 bits per heavy atom. The summed E-state index contributed by atoms with van der Waals surface area (Å²) in [7, 11) is 0. The second-order valence-corrected chi connectivity index (χ2v) is 9.74. The van der Waals surface area contributed by atoms with E-state index in [0.717, 1.165) is 24.2 Å². The number of hydrogen-bond acceptors (Lipinski definition) is 5. The van der Waals surface area contributed by atoms with Gasteiger partial charge >= 0.3 is 5.97 Å². The van der Waals surface area contributed by atoms with Gasteiger partial charge in [0.25, 0.3) is 5.91 Å². The Morgan fingerprint density at radius 1 is 1.13 bits per heavy atom. The molecule has 31 heavy (non-hydrogen) atoms. The lowest BCUT2D eigenvalue weighted by molar-refractivity contribution is -0.162. The predicted molar refractivity (Wildman–Crippen MR) is 114 cm³/mol. The molecule has 1 saturated heterocycles. The SMILES string of the molecule is CC(C)[C@@H](C(=O)OCC(=O)Nc1ccc(Cl)cc1Cl)N1C(=O)[C@@H]2[C@H]3CC[C@@H](C3)[C@@H]2C1=O. The van der Waals surface area contributed by atoms with Gasteiger partial charge in [-0.25, -0.2) is 4.79 Å². The summed E-state index contributed by atoms with van der Waals surface area (Å²) >= 11 is 11.9. The first-order valence-corrected chi connectivity index (χ1v) is 11.2. The summed E-state index contributed by atoms with van der Waals surface area (Å²) in [6, 6.07) is 3.54. The van der Waals surface area contributed by atoms with Crippen LogP contribution in [0.2, 0.25) is 10.0 Å². The third kappa shape index (κ3) is 3.94. The average Bonchev–Trinajstić information content (AvgIpc) is 3.38. The number of ether oxygens (including phenoxy) is 1. The van der Waals surface area contributed by atoms with Crippen molar-refractivity contribution in [3.05, 3.63) is 28.2 Å². The minimum Gasteiger partial charge on any atom is -0.454 e. The highest BCUT2D eigenvalue weighted by Gasteiger charge is 2.62. The Morgan fingerprint density at radius 2 is 1.74 bits per heavy atom. The van der Waals surface area contributed by atoms with Crippen LogP contribution in [0.15, 0.2) is 18.2 Å². The highest BCUT2D eigenvalue weighted by atomic mass is 35.5. The number of likely N-dealkylation sites (tertiary alicyclic amines) is 1. The van der Waals surface area contributed by atoms with E-state index in [1.165, 1.54) is 12.1 Å². The maximum Gasteiger partial charge on any atom is 0.330 e. The van der Waals surface area contributed by atoms with Crippen molar-refractivity contribution < 1.29 is 23.9 Å². The van der Waals surface area contributed by atoms with Crippen LogP contribution in [0.5, 0.6) is 0 Å². The molecule has 9 heteroatoms. The van der Waals surface area contributed by atoms with Gasteiger partial charge in [0, 0.05) is 5.02 Å². The highest BCUT2D eigenvalue weighted by Crippen LogP contribution is 2.56. The first kappa shape index (κ1) is 22.1. The van der Waals surface area contributed by atoms with Crippen molar-refractivity contribution in [1.29, 1.82) is 0 Å². The smallest absolute Gasteiger partial charge is 0.330 e. The highest BCUT2D eigenvalue weighted by molar-refractivity contribution is 6.36. The lowest BCUT2D eigenvalue weighted by atomic mass is 9.81. The predicted octanol–water partition coefficient (Wildman–Crippen LogP) is 3.53. The van der Waals surface area contributed by atoms with Gasteiger partial charge in [0.2, 0.25) is 11.8 Å². The third-order valence-corrected chi connectivity index (χ3v) is 7.21. The number of halogens is 2. The fourth-order valence-corrected chi connectivity index (χ4v) is 5.84. The van der Waals surface area contributed by atoms with Gasteiger partial charge in [0.05, 0.1) is 22.5 Å². The minimum atomic E-state index is -1.04. The van der Waals surface area contributed by atoms with Gasteiger partial charge in [-0.15, -0.1) is 0 Å². The number of fused-ring (bicyclic) bond motifs is 5. The molecule has 0 unspecified atom stereocenters. The second kappa shape index (κ2) is 8.43. The number of imide groups is 1. The standard InChI is InChI=1S/C22H24Cl2N2O5/c1-10(2)19(26-20(28)17-11-3-4-12(7-11)18(17)21(26)29)22(30)31-9-16(27)25-15-6-5-13(23)8-14(15)24/h5-6,8,10-12,17-19H,3-4,7,9H2,1-2H3,(H,25,27)/t11-,12-,17-,18+,19-/m0/s1. The molecule has 5 atom stereocenters. The molecule has 3 aliphatic rings. The van der Waals surface area contributed by atoms with Gasteiger partial charge < -0.3 is 10.1 Å². The fraction of sp³-hybridized carbons (Fsp3) is 0.545. The molecule has 166 valence electrons. The Balaban J connectivity index is 1.42. The molecule has 7 nitrogen and oxygen atoms in total. The van der Waals surface area contributed by atoms with Crippen molar-refractivity contribution >= 4 is 52.6 Å². The zero-order chi connectivity index (χ0) is 22.4. The van der Waals surface area contributed by atoms with Gasteiger partial charge in [-0.1, -0.05) is 37.0 Å². The van der Waals surface area contributed by atoms with Crippen molar-refractivity contribution in [1.82, 2.24) is 4.90 Å². The van der Waals surface area contributed by atoms with E-state index in [1.54, 1.807) is 19.9 Å². The van der Waals surface area contributed by atoms with E-state index >= 15 is 0 Å². The fourth-order valence-electron chi connectivity index (χ4n) is 5.38. The van der Waals surface area contributed by atoms with Crippen molar-refractivity contribution in [3.8, 4) is 0 Å². The zero-order valence-corrected chi connectivity index (χ0v) is 18.8. The molecule has 0 radical (unpaired) electrons. The summed E-state index contributed by atoms with van der Waals surface area (Å²) in [6.45, 7) is 2.95. The lowest BCUT2D eigenvalue weighted by Gasteiger charge is -2.28. The Hall–Kier alpha value is -2.12. The molecule has 1 heterocycles. The van der Waals surface area contributed by atoms with E-state index in [0.29, 0.717) is 10.7 Å². The molecule has 1 aromatic rings. The summed E-state index contributed by atoms with van der Waals surface area (Å²) in [5.41, 5.74) is 0.334. The van der Waals surface area contributed by atoms with Crippen molar-refractivity contribution in [2.45, 2.75) is 39.2 Å². The number of amides is 3. The summed E-state index contributed by atoms with van der Waals surface area (Å²) in [6.07, 6.45) is 2.84. The molecule has 2 saturated carbocycles. The molecule has 2 aliphatic carbocycles. The van der Waals surface area contributed by atoms with Crippen molar-refractivity contribution in [2.24, 2.45) is 29.6 Å². The Bertz CT molecular complexity index is 922. The summed E-state index contributed by atoms with van der Waals surface area (Å²) in [5.74, 6) is -2.39. The molecular weight excluding hydrogens is 443 g/mol. The van der Waals surface area contributed by atoms with Crippen LogP contribution >= 0.6 is 23.2 Å². The maximum atomic E-state index is 13.1. The first-order valence-electron chi connectivity index (χ1n) is 10.5. The Labute approximate surface area is 190 Å². The number of anilines is 1.